The molecular weight excluding hydrogens is 216 g/mol. The third-order valence-corrected chi connectivity index (χ3v) is 2.20. The zero-order valence-corrected chi connectivity index (χ0v) is 9.55. The molecule has 0 unspecified atom stereocenters. The third kappa shape index (κ3) is 3.65. The van der Waals surface area contributed by atoms with Crippen molar-refractivity contribution in [3.05, 3.63) is 66.0 Å². The number of aromatic hydroxyl groups is 1. The lowest BCUT2D eigenvalue weighted by Crippen LogP contribution is -1.99. The summed E-state index contributed by atoms with van der Waals surface area (Å²) < 4.78 is 0. The minimum absolute atomic E-state index is 0.00264. The van der Waals surface area contributed by atoms with Gasteiger partial charge in [0.15, 0.2) is 5.78 Å². The normalized spacial score (nSPS) is 12.3. The molecule has 0 aliphatic rings. The summed E-state index contributed by atoms with van der Waals surface area (Å²) in [5.41, 5.74) is 0.979. The molecule has 0 radical (unpaired) electrons. The van der Waals surface area contributed by atoms with Crippen LogP contribution in [0.25, 0.3) is 0 Å². The summed E-state index contributed by atoms with van der Waals surface area (Å²) in [7, 11) is 0. The van der Waals surface area contributed by atoms with Gasteiger partial charge in [-0.2, -0.15) is 0 Å². The van der Waals surface area contributed by atoms with Gasteiger partial charge in [0.25, 0.3) is 0 Å². The van der Waals surface area contributed by atoms with Crippen molar-refractivity contribution < 1.29 is 15.0 Å². The summed E-state index contributed by atoms with van der Waals surface area (Å²) in [6.45, 7) is 5.05. The van der Waals surface area contributed by atoms with Crippen molar-refractivity contribution in [2.24, 2.45) is 0 Å². The molecule has 0 aliphatic heterocycles. The second-order valence-electron chi connectivity index (χ2n) is 3.52. The van der Waals surface area contributed by atoms with E-state index < -0.39 is 0 Å². The third-order valence-electron chi connectivity index (χ3n) is 2.20. The highest BCUT2D eigenvalue weighted by atomic mass is 16.3. The van der Waals surface area contributed by atoms with E-state index in [1.807, 2.05) is 0 Å². The van der Waals surface area contributed by atoms with E-state index in [0.717, 1.165) is 0 Å². The fourth-order valence-electron chi connectivity index (χ4n) is 1.19. The summed E-state index contributed by atoms with van der Waals surface area (Å²) in [6.07, 6.45) is 4.21. The minimum Gasteiger partial charge on any atom is -0.508 e. The summed E-state index contributed by atoms with van der Waals surface area (Å²) in [6, 6.07) is 6.01. The molecular formula is C14H14O3. The van der Waals surface area contributed by atoms with Crippen LogP contribution in [0.2, 0.25) is 0 Å². The number of rotatable bonds is 4. The van der Waals surface area contributed by atoms with Crippen molar-refractivity contribution in [2.75, 3.05) is 0 Å². The van der Waals surface area contributed by atoms with E-state index in [2.05, 4.69) is 6.58 Å². The fourth-order valence-corrected chi connectivity index (χ4v) is 1.19. The van der Waals surface area contributed by atoms with Gasteiger partial charge in [0.1, 0.15) is 11.5 Å². The zero-order chi connectivity index (χ0) is 12.8. The molecule has 0 fully saturated rings. The molecule has 0 saturated carbocycles. The second kappa shape index (κ2) is 5.70. The smallest absolute Gasteiger partial charge is 0.188 e. The van der Waals surface area contributed by atoms with Crippen molar-refractivity contribution in [1.82, 2.24) is 0 Å². The first-order valence-electron chi connectivity index (χ1n) is 5.08. The second-order valence-corrected chi connectivity index (χ2v) is 3.52. The first kappa shape index (κ1) is 12.8. The molecule has 0 amide bonds. The first-order valence-corrected chi connectivity index (χ1v) is 5.08. The quantitative estimate of drug-likeness (QED) is 0.361. The number of aliphatic hydroxyl groups excluding tert-OH is 1. The minimum atomic E-state index is -0.155. The summed E-state index contributed by atoms with van der Waals surface area (Å²) in [4.78, 5) is 11.9. The van der Waals surface area contributed by atoms with Gasteiger partial charge in [0.2, 0.25) is 0 Å². The van der Waals surface area contributed by atoms with E-state index in [9.17, 15) is 4.79 Å². The van der Waals surface area contributed by atoms with E-state index >= 15 is 0 Å². The summed E-state index contributed by atoms with van der Waals surface area (Å²) in [5.74, 6) is -0.0339. The van der Waals surface area contributed by atoms with Crippen molar-refractivity contribution in [3.63, 3.8) is 0 Å². The molecule has 1 aromatic carbocycles. The van der Waals surface area contributed by atoms with Crippen LogP contribution < -0.4 is 0 Å². The Morgan fingerprint density at radius 2 is 1.82 bits per heavy atom. The van der Waals surface area contributed by atoms with Crippen LogP contribution in [-0.2, 0) is 0 Å². The largest absolute Gasteiger partial charge is 0.508 e. The van der Waals surface area contributed by atoms with E-state index in [0.29, 0.717) is 11.1 Å². The van der Waals surface area contributed by atoms with E-state index in [1.54, 1.807) is 19.1 Å². The van der Waals surface area contributed by atoms with Gasteiger partial charge in [0.05, 0.1) is 0 Å². The topological polar surface area (TPSA) is 57.5 Å². The lowest BCUT2D eigenvalue weighted by atomic mass is 10.0. The van der Waals surface area contributed by atoms with Gasteiger partial charge in [-0.15, -0.1) is 0 Å². The van der Waals surface area contributed by atoms with Crippen molar-refractivity contribution in [1.29, 1.82) is 0 Å². The molecule has 0 aliphatic carbocycles. The van der Waals surface area contributed by atoms with Crippen LogP contribution in [0.3, 0.4) is 0 Å². The van der Waals surface area contributed by atoms with Gasteiger partial charge in [0, 0.05) is 5.56 Å². The monoisotopic (exact) mass is 230 g/mol. The number of hydrogen-bond donors (Lipinski definition) is 2. The van der Waals surface area contributed by atoms with E-state index in [4.69, 9.17) is 10.2 Å². The van der Waals surface area contributed by atoms with Gasteiger partial charge in [-0.1, -0.05) is 12.7 Å². The average Bonchev–Trinajstić information content (AvgIpc) is 2.35. The summed E-state index contributed by atoms with van der Waals surface area (Å²) in [5, 5.41) is 18.3. The molecule has 88 valence electrons. The number of hydrogen-bond acceptors (Lipinski definition) is 3. The Balaban J connectivity index is 2.90. The van der Waals surface area contributed by atoms with Crippen LogP contribution in [0, 0.1) is 0 Å². The highest BCUT2D eigenvalue weighted by molar-refractivity contribution is 6.08. The molecule has 17 heavy (non-hydrogen) atoms. The first-order chi connectivity index (χ1) is 8.04. The molecule has 0 spiro atoms. The molecule has 3 nitrogen and oxygen atoms in total. The molecule has 0 bridgehead atoms. The maximum atomic E-state index is 11.9. The Kier molecular flexibility index (Phi) is 4.29. The predicted octanol–water partition coefficient (Wildman–Crippen LogP) is 3.15. The molecule has 0 saturated heterocycles. The number of allylic oxidation sites excluding steroid dienone is 4. The SMILES string of the molecule is C=C/C(O)=C\C=C(/C)C(=O)c1ccc(O)cc1. The predicted molar refractivity (Wildman–Crippen MR) is 67.1 cm³/mol. The molecule has 0 heterocycles. The maximum Gasteiger partial charge on any atom is 0.188 e. The number of aliphatic hydroxyl groups is 1. The number of phenols is 1. The van der Waals surface area contributed by atoms with E-state index in [-0.39, 0.29) is 17.3 Å². The molecule has 3 heteroatoms. The van der Waals surface area contributed by atoms with Gasteiger partial charge in [-0.05, 0) is 48.9 Å². The Labute approximate surface area is 100 Å². The molecule has 2 N–H and O–H groups in total. The summed E-state index contributed by atoms with van der Waals surface area (Å²) >= 11 is 0. The lowest BCUT2D eigenvalue weighted by molar-refractivity contribution is 0.103. The van der Waals surface area contributed by atoms with Crippen LogP contribution in [0.5, 0.6) is 5.75 Å². The highest BCUT2D eigenvalue weighted by Crippen LogP contribution is 2.13. The zero-order valence-electron chi connectivity index (χ0n) is 9.55. The van der Waals surface area contributed by atoms with Gasteiger partial charge < -0.3 is 10.2 Å². The van der Waals surface area contributed by atoms with Crippen LogP contribution in [0.1, 0.15) is 17.3 Å². The standard InChI is InChI=1S/C14H14O3/c1-3-12(15)7-4-10(2)14(17)11-5-8-13(16)9-6-11/h3-9,15-16H,1H2,2H3/b10-4+,12-7+. The van der Waals surface area contributed by atoms with Crippen LogP contribution in [0.4, 0.5) is 0 Å². The van der Waals surface area contributed by atoms with Crippen molar-refractivity contribution in [2.45, 2.75) is 6.92 Å². The number of carbonyl (C=O) groups excluding carboxylic acids is 1. The van der Waals surface area contributed by atoms with Crippen LogP contribution >= 0.6 is 0 Å². The fraction of sp³-hybridized carbons (Fsp3) is 0.0714. The van der Waals surface area contributed by atoms with Gasteiger partial charge >= 0.3 is 0 Å². The van der Waals surface area contributed by atoms with Crippen LogP contribution in [0.15, 0.2) is 60.4 Å². The van der Waals surface area contributed by atoms with Crippen molar-refractivity contribution >= 4 is 5.78 Å². The Morgan fingerprint density at radius 3 is 2.35 bits per heavy atom. The van der Waals surface area contributed by atoms with Crippen molar-refractivity contribution in [3.8, 4) is 5.75 Å². The molecule has 0 aromatic heterocycles. The number of phenolic OH excluding ortho intramolecular Hbond substituents is 1. The average molecular weight is 230 g/mol. The number of Topliss-reactive ketones (excluding diaryl/α,β-unsaturated/α-hetero) is 1. The lowest BCUT2D eigenvalue weighted by Gasteiger charge is -2.00. The Hall–Kier alpha value is -2.29. The van der Waals surface area contributed by atoms with Crippen LogP contribution in [-0.4, -0.2) is 16.0 Å². The number of carbonyl (C=O) groups is 1. The Bertz CT molecular complexity index is 479. The molecule has 0 atom stereocenters. The van der Waals surface area contributed by atoms with Gasteiger partial charge in [-0.3, -0.25) is 4.79 Å². The molecule has 1 aromatic rings. The van der Waals surface area contributed by atoms with E-state index in [1.165, 1.54) is 30.4 Å². The Morgan fingerprint density at radius 1 is 1.24 bits per heavy atom. The number of benzene rings is 1. The molecule has 1 rings (SSSR count). The number of ketones is 1. The maximum absolute atomic E-state index is 11.9. The highest BCUT2D eigenvalue weighted by Gasteiger charge is 2.06. The van der Waals surface area contributed by atoms with Gasteiger partial charge in [-0.25, -0.2) is 0 Å².